The van der Waals surface area contributed by atoms with E-state index in [1.807, 2.05) is 44.2 Å². The lowest BCUT2D eigenvalue weighted by molar-refractivity contribution is 0.0367. The summed E-state index contributed by atoms with van der Waals surface area (Å²) in [6, 6.07) is 8.99. The van der Waals surface area contributed by atoms with Crippen molar-refractivity contribution in [3.63, 3.8) is 0 Å². The van der Waals surface area contributed by atoms with Gasteiger partial charge in [-0.2, -0.15) is 0 Å². The molecule has 0 aromatic heterocycles. The number of phosphoric acid groups is 1. The molecule has 0 bridgehead atoms. The highest BCUT2D eigenvalue weighted by atomic mass is 32.1. The summed E-state index contributed by atoms with van der Waals surface area (Å²) in [6.07, 6.45) is 6.53. The maximum Gasteiger partial charge on any atom is 0.470 e. The fraction of sp³-hybridized carbons (Fsp3) is 0.650. The predicted octanol–water partition coefficient (Wildman–Crippen LogP) is 5.92. The smallest absolute Gasteiger partial charge is 0.370 e. The van der Waals surface area contributed by atoms with E-state index in [1.165, 1.54) is 19.3 Å². The first kappa shape index (κ1) is 26.2. The molecule has 0 aliphatic carbocycles. The van der Waals surface area contributed by atoms with E-state index < -0.39 is 19.5 Å². The lowest BCUT2D eigenvalue weighted by atomic mass is 9.91. The van der Waals surface area contributed by atoms with Crippen LogP contribution in [0, 0.1) is 0 Å². The van der Waals surface area contributed by atoms with E-state index in [0.29, 0.717) is 4.99 Å². The topological polar surface area (TPSA) is 78.8 Å². The van der Waals surface area contributed by atoms with Crippen LogP contribution in [-0.4, -0.2) is 20.4 Å². The second-order valence-electron chi connectivity index (χ2n) is 6.76. The van der Waals surface area contributed by atoms with Gasteiger partial charge >= 0.3 is 7.82 Å². The third kappa shape index (κ3) is 11.6. The fourth-order valence-electron chi connectivity index (χ4n) is 2.79. The normalized spacial score (nSPS) is 12.7. The van der Waals surface area contributed by atoms with Gasteiger partial charge in [-0.1, -0.05) is 89.0 Å². The first-order chi connectivity index (χ1) is 12.7. The number of hydrogen-bond acceptors (Lipinski definition) is 3. The second-order valence-corrected chi connectivity index (χ2v) is 8.42. The molecule has 0 saturated carbocycles. The predicted molar refractivity (Wildman–Crippen MR) is 117 cm³/mol. The quantitative estimate of drug-likeness (QED) is 0.236. The Hall–Kier alpha value is -0.780. The highest BCUT2D eigenvalue weighted by molar-refractivity contribution is 7.80. The van der Waals surface area contributed by atoms with E-state index in [4.69, 9.17) is 16.7 Å². The fourth-order valence-corrected chi connectivity index (χ4v) is 3.77. The van der Waals surface area contributed by atoms with Gasteiger partial charge in [-0.3, -0.25) is 4.52 Å². The number of benzene rings is 1. The molecule has 5 nitrogen and oxygen atoms in total. The molecule has 0 radical (unpaired) electrons. The van der Waals surface area contributed by atoms with Crippen LogP contribution in [0.4, 0.5) is 0 Å². The molecule has 0 spiro atoms. The molecule has 156 valence electrons. The lowest BCUT2D eigenvalue weighted by Gasteiger charge is -2.35. The van der Waals surface area contributed by atoms with E-state index in [-0.39, 0.29) is 0 Å². The van der Waals surface area contributed by atoms with Crippen LogP contribution in [0.5, 0.6) is 0 Å². The van der Waals surface area contributed by atoms with Crippen molar-refractivity contribution < 1.29 is 18.9 Å². The lowest BCUT2D eigenvalue weighted by Crippen LogP contribution is -2.43. The Morgan fingerprint density at radius 3 is 2.22 bits per heavy atom. The molecule has 7 heteroatoms. The van der Waals surface area contributed by atoms with Gasteiger partial charge in [0.05, 0.1) is 16.6 Å². The third-order valence-corrected chi connectivity index (χ3v) is 5.03. The zero-order chi connectivity index (χ0) is 20.9. The van der Waals surface area contributed by atoms with Crippen LogP contribution in [0.1, 0.15) is 84.7 Å². The minimum atomic E-state index is -4.62. The van der Waals surface area contributed by atoms with Gasteiger partial charge in [0.1, 0.15) is 0 Å². The summed E-state index contributed by atoms with van der Waals surface area (Å²) >= 11 is 5.46. The highest BCUT2D eigenvalue weighted by Gasteiger charge is 2.38. The molecule has 1 unspecified atom stereocenters. The van der Waals surface area contributed by atoms with Crippen LogP contribution in [0.25, 0.3) is 0 Å². The zero-order valence-corrected chi connectivity index (χ0v) is 19.0. The largest absolute Gasteiger partial charge is 0.470 e. The molecule has 1 aromatic rings. The van der Waals surface area contributed by atoms with Gasteiger partial charge in [-0.15, -0.1) is 0 Å². The van der Waals surface area contributed by atoms with Crippen molar-refractivity contribution in [2.24, 2.45) is 0 Å². The minimum absolute atomic E-state index is 0.454. The van der Waals surface area contributed by atoms with Crippen molar-refractivity contribution >= 4 is 25.0 Å². The summed E-state index contributed by atoms with van der Waals surface area (Å²) in [6.45, 7) is 9.49. The van der Waals surface area contributed by atoms with E-state index >= 15 is 0 Å². The van der Waals surface area contributed by atoms with Crippen LogP contribution in [0.15, 0.2) is 30.3 Å². The Bertz CT molecular complexity index is 575. The second kappa shape index (κ2) is 13.4. The van der Waals surface area contributed by atoms with E-state index in [1.54, 1.807) is 13.8 Å². The van der Waals surface area contributed by atoms with Crippen LogP contribution in [0.3, 0.4) is 0 Å². The minimum Gasteiger partial charge on any atom is -0.370 e. The number of phosphoric ester groups is 1. The van der Waals surface area contributed by atoms with E-state index in [0.717, 1.165) is 24.8 Å². The molecule has 0 heterocycles. The summed E-state index contributed by atoms with van der Waals surface area (Å²) in [7, 11) is -4.62. The summed E-state index contributed by atoms with van der Waals surface area (Å²) in [5.74, 6) is 0. The molecule has 1 aromatic carbocycles. The van der Waals surface area contributed by atoms with Crippen LogP contribution in [-0.2, 0) is 9.09 Å². The van der Waals surface area contributed by atoms with Crippen LogP contribution in [0.2, 0.25) is 0 Å². The van der Waals surface area contributed by atoms with Crippen LogP contribution < -0.4 is 5.32 Å². The molecule has 0 aliphatic heterocycles. The molecule has 3 N–H and O–H groups in total. The number of unbranched alkanes of at least 4 members (excludes halogenated alkanes) is 4. The zero-order valence-electron chi connectivity index (χ0n) is 17.3. The molecular weight excluding hydrogens is 381 g/mol. The molecule has 0 saturated heterocycles. The molecule has 0 fully saturated rings. The maximum atomic E-state index is 11.4. The Kier molecular flexibility index (Phi) is 13.0. The average Bonchev–Trinajstić information content (AvgIpc) is 2.60. The van der Waals surface area contributed by atoms with E-state index in [9.17, 15) is 14.4 Å². The number of thiocarbonyl (C=S) groups is 1. The Morgan fingerprint density at radius 1 is 1.15 bits per heavy atom. The van der Waals surface area contributed by atoms with Gasteiger partial charge in [0.15, 0.2) is 0 Å². The molecular formula is C20H36NO4PS. The van der Waals surface area contributed by atoms with Gasteiger partial charge < -0.3 is 15.1 Å². The van der Waals surface area contributed by atoms with Crippen molar-refractivity contribution in [1.82, 2.24) is 5.32 Å². The number of nitrogens with one attached hydrogen (secondary N) is 1. The Morgan fingerprint density at radius 2 is 1.70 bits per heavy atom. The van der Waals surface area contributed by atoms with Gasteiger partial charge in [0.2, 0.25) is 0 Å². The summed E-state index contributed by atoms with van der Waals surface area (Å²) < 4.78 is 16.4. The molecule has 27 heavy (non-hydrogen) atoms. The molecule has 1 atom stereocenters. The monoisotopic (exact) mass is 417 g/mol. The van der Waals surface area contributed by atoms with Crippen molar-refractivity contribution in [3.05, 3.63) is 35.9 Å². The van der Waals surface area contributed by atoms with Gasteiger partial charge in [0, 0.05) is 0 Å². The van der Waals surface area contributed by atoms with Gasteiger partial charge in [-0.05, 0) is 32.3 Å². The van der Waals surface area contributed by atoms with Crippen molar-refractivity contribution in [1.29, 1.82) is 0 Å². The van der Waals surface area contributed by atoms with Crippen molar-refractivity contribution in [3.8, 4) is 0 Å². The van der Waals surface area contributed by atoms with Crippen LogP contribution >= 0.6 is 20.0 Å². The molecule has 0 amide bonds. The molecule has 0 aliphatic rings. The number of rotatable bonds is 11. The summed E-state index contributed by atoms with van der Waals surface area (Å²) in [4.78, 5) is 19.2. The third-order valence-electron chi connectivity index (χ3n) is 4.00. The van der Waals surface area contributed by atoms with Crippen molar-refractivity contribution in [2.75, 3.05) is 0 Å². The Balaban J connectivity index is 0.00000326. The SMILES string of the molecule is CC.CCCCCCCC(=S)NC(c1ccccc1)C(C)(C)OP(=O)(O)O. The van der Waals surface area contributed by atoms with Gasteiger partial charge in [-0.25, -0.2) is 4.57 Å². The Labute approximate surface area is 170 Å². The first-order valence-corrected chi connectivity index (χ1v) is 11.7. The molecule has 1 rings (SSSR count). The number of hydrogen-bond donors (Lipinski definition) is 3. The summed E-state index contributed by atoms with van der Waals surface area (Å²) in [5.41, 5.74) is -0.263. The van der Waals surface area contributed by atoms with Crippen molar-refractivity contribution in [2.45, 2.75) is 84.8 Å². The standard InChI is InChI=1S/C18H30NO4PS.C2H6/c1-4-5-6-7-11-14-16(25)19-17(15-12-9-8-10-13-15)18(2,3)23-24(20,21)22;1-2/h8-10,12-13,17H,4-7,11,14H2,1-3H3,(H,19,25)(H2,20,21,22);1-2H3. The highest BCUT2D eigenvalue weighted by Crippen LogP contribution is 2.45. The first-order valence-electron chi connectivity index (χ1n) is 9.76. The van der Waals surface area contributed by atoms with Gasteiger partial charge in [0.25, 0.3) is 0 Å². The maximum absolute atomic E-state index is 11.4. The average molecular weight is 418 g/mol. The van der Waals surface area contributed by atoms with E-state index in [2.05, 4.69) is 12.2 Å². The summed E-state index contributed by atoms with van der Waals surface area (Å²) in [5, 5.41) is 3.25.